The summed E-state index contributed by atoms with van der Waals surface area (Å²) in [5, 5.41) is 2.74. The van der Waals surface area contributed by atoms with Crippen molar-refractivity contribution in [2.45, 2.75) is 26.3 Å². The van der Waals surface area contributed by atoms with Gasteiger partial charge in [0.25, 0.3) is 11.8 Å². The third-order valence-corrected chi connectivity index (χ3v) is 4.97. The van der Waals surface area contributed by atoms with Crippen LogP contribution in [0, 0.1) is 6.92 Å². The van der Waals surface area contributed by atoms with E-state index in [2.05, 4.69) is 11.9 Å². The lowest BCUT2D eigenvalue weighted by Gasteiger charge is -2.20. The van der Waals surface area contributed by atoms with Crippen LogP contribution in [0.15, 0.2) is 61.2 Å². The van der Waals surface area contributed by atoms with Gasteiger partial charge in [0, 0.05) is 25.1 Å². The number of urea groups is 1. The average molecular weight is 391 g/mol. The fourth-order valence-electron chi connectivity index (χ4n) is 3.49. The summed E-state index contributed by atoms with van der Waals surface area (Å²) in [5.74, 6) is -0.534. The van der Waals surface area contributed by atoms with Crippen molar-refractivity contribution in [1.82, 2.24) is 10.2 Å². The van der Waals surface area contributed by atoms with Crippen LogP contribution in [-0.4, -0.2) is 41.9 Å². The normalized spacial score (nSPS) is 16.3. The maximum Gasteiger partial charge on any atom is 0.332 e. The first kappa shape index (κ1) is 20.3. The van der Waals surface area contributed by atoms with Crippen LogP contribution in [0.5, 0.6) is 0 Å². The highest BCUT2D eigenvalue weighted by molar-refractivity contribution is 6.22. The highest BCUT2D eigenvalue weighted by atomic mass is 16.2. The first-order chi connectivity index (χ1) is 14.0. The zero-order valence-electron chi connectivity index (χ0n) is 16.7. The molecule has 6 nitrogen and oxygen atoms in total. The minimum atomic E-state index is -0.615. The van der Waals surface area contributed by atoms with Crippen molar-refractivity contribution in [3.63, 3.8) is 0 Å². The predicted octanol–water partition coefficient (Wildman–Crippen LogP) is 3.31. The van der Waals surface area contributed by atoms with Gasteiger partial charge in [-0.1, -0.05) is 42.5 Å². The van der Waals surface area contributed by atoms with E-state index in [1.54, 1.807) is 24.3 Å². The molecule has 29 heavy (non-hydrogen) atoms. The number of imide groups is 1. The van der Waals surface area contributed by atoms with Crippen LogP contribution in [0.3, 0.4) is 0 Å². The van der Waals surface area contributed by atoms with E-state index >= 15 is 0 Å². The first-order valence-corrected chi connectivity index (χ1v) is 9.66. The Labute approximate surface area is 170 Å². The molecular weight excluding hydrogens is 366 g/mol. The standard InChI is InChI=1S/C23H25N3O3/c1-4-13-25-20(14-17-9-7-6-8-10-17)22(28)26(23(25)29)19-15-18(12-11-16(19)3)21(27)24-5-2/h4,6-12,15,20H,1,5,13-14H2,2-3H3,(H,24,27)/t20-/m1/s1. The summed E-state index contributed by atoms with van der Waals surface area (Å²) >= 11 is 0. The van der Waals surface area contributed by atoms with Gasteiger partial charge in [-0.25, -0.2) is 9.69 Å². The molecule has 6 heteroatoms. The number of anilines is 1. The quantitative estimate of drug-likeness (QED) is 0.582. The van der Waals surface area contributed by atoms with Crippen LogP contribution >= 0.6 is 0 Å². The van der Waals surface area contributed by atoms with E-state index in [1.807, 2.05) is 44.2 Å². The third-order valence-electron chi connectivity index (χ3n) is 4.97. The number of benzene rings is 2. The van der Waals surface area contributed by atoms with Crippen molar-refractivity contribution in [3.05, 3.63) is 77.9 Å². The summed E-state index contributed by atoms with van der Waals surface area (Å²) in [5.41, 5.74) is 2.57. The Balaban J connectivity index is 1.98. The predicted molar refractivity (Wildman–Crippen MR) is 113 cm³/mol. The van der Waals surface area contributed by atoms with E-state index in [1.165, 1.54) is 9.80 Å². The van der Waals surface area contributed by atoms with Crippen LogP contribution < -0.4 is 10.2 Å². The van der Waals surface area contributed by atoms with E-state index in [9.17, 15) is 14.4 Å². The van der Waals surface area contributed by atoms with Gasteiger partial charge in [-0.05, 0) is 37.1 Å². The maximum absolute atomic E-state index is 13.3. The summed E-state index contributed by atoms with van der Waals surface area (Å²) in [7, 11) is 0. The Morgan fingerprint density at radius 2 is 1.90 bits per heavy atom. The minimum Gasteiger partial charge on any atom is -0.352 e. The number of aryl methyl sites for hydroxylation is 1. The number of nitrogens with one attached hydrogen (secondary N) is 1. The molecule has 0 spiro atoms. The minimum absolute atomic E-state index is 0.239. The van der Waals surface area contributed by atoms with Gasteiger partial charge in [0.2, 0.25) is 0 Å². The van der Waals surface area contributed by atoms with Crippen LogP contribution in [0.2, 0.25) is 0 Å². The highest BCUT2D eigenvalue weighted by Gasteiger charge is 2.45. The molecule has 4 amide bonds. The van der Waals surface area contributed by atoms with Gasteiger partial charge in [0.05, 0.1) is 5.69 Å². The molecule has 0 radical (unpaired) electrons. The summed E-state index contributed by atoms with van der Waals surface area (Å²) in [4.78, 5) is 41.4. The van der Waals surface area contributed by atoms with E-state index in [0.29, 0.717) is 24.2 Å². The van der Waals surface area contributed by atoms with Gasteiger partial charge in [0.1, 0.15) is 6.04 Å². The third kappa shape index (κ3) is 4.06. The molecule has 1 aliphatic rings. The van der Waals surface area contributed by atoms with Crippen molar-refractivity contribution in [1.29, 1.82) is 0 Å². The van der Waals surface area contributed by atoms with Crippen LogP contribution in [-0.2, 0) is 11.2 Å². The van der Waals surface area contributed by atoms with Crippen LogP contribution in [0.1, 0.15) is 28.4 Å². The largest absolute Gasteiger partial charge is 0.352 e. The molecule has 1 saturated heterocycles. The van der Waals surface area contributed by atoms with E-state index in [4.69, 9.17) is 0 Å². The molecule has 0 saturated carbocycles. The smallest absolute Gasteiger partial charge is 0.332 e. The summed E-state index contributed by atoms with van der Waals surface area (Å²) in [6.45, 7) is 8.14. The fraction of sp³-hybridized carbons (Fsp3) is 0.261. The van der Waals surface area contributed by atoms with Crippen molar-refractivity contribution in [2.75, 3.05) is 18.0 Å². The maximum atomic E-state index is 13.3. The zero-order valence-corrected chi connectivity index (χ0v) is 16.7. The molecule has 0 bridgehead atoms. The molecule has 2 aromatic carbocycles. The lowest BCUT2D eigenvalue weighted by Crippen LogP contribution is -2.36. The van der Waals surface area contributed by atoms with E-state index in [0.717, 1.165) is 11.1 Å². The van der Waals surface area contributed by atoms with E-state index in [-0.39, 0.29) is 18.4 Å². The molecule has 1 fully saturated rings. The Bertz CT molecular complexity index is 940. The fourth-order valence-corrected chi connectivity index (χ4v) is 3.49. The number of amides is 4. The molecule has 1 N–H and O–H groups in total. The lowest BCUT2D eigenvalue weighted by molar-refractivity contribution is -0.119. The van der Waals surface area contributed by atoms with Crippen molar-refractivity contribution < 1.29 is 14.4 Å². The second-order valence-corrected chi connectivity index (χ2v) is 6.96. The molecular formula is C23H25N3O3. The topological polar surface area (TPSA) is 69.7 Å². The second-order valence-electron chi connectivity index (χ2n) is 6.96. The van der Waals surface area contributed by atoms with E-state index < -0.39 is 12.1 Å². The number of hydrogen-bond acceptors (Lipinski definition) is 3. The second kappa shape index (κ2) is 8.73. The molecule has 150 valence electrons. The monoisotopic (exact) mass is 391 g/mol. The van der Waals surface area contributed by atoms with Crippen LogP contribution in [0.4, 0.5) is 10.5 Å². The van der Waals surface area contributed by atoms with Gasteiger partial charge in [-0.2, -0.15) is 0 Å². The molecule has 1 atom stereocenters. The number of carbonyl (C=O) groups excluding carboxylic acids is 3. The summed E-state index contributed by atoms with van der Waals surface area (Å²) in [6, 6.07) is 13.6. The lowest BCUT2D eigenvalue weighted by atomic mass is 10.0. The molecule has 0 aromatic heterocycles. The van der Waals surface area contributed by atoms with Gasteiger partial charge >= 0.3 is 6.03 Å². The number of carbonyl (C=O) groups is 3. The Morgan fingerprint density at radius 3 is 2.55 bits per heavy atom. The average Bonchev–Trinajstić information content (AvgIpc) is 2.94. The number of nitrogens with zero attached hydrogens (tertiary/aromatic N) is 2. The number of hydrogen-bond donors (Lipinski definition) is 1. The Kier molecular flexibility index (Phi) is 6.12. The SMILES string of the molecule is C=CCN1C(=O)N(c2cc(C(=O)NCC)ccc2C)C(=O)[C@H]1Cc1ccccc1. The Morgan fingerprint density at radius 1 is 1.17 bits per heavy atom. The van der Waals surface area contributed by atoms with Gasteiger partial charge in [0.15, 0.2) is 0 Å². The van der Waals surface area contributed by atoms with Crippen LogP contribution in [0.25, 0.3) is 0 Å². The number of rotatable bonds is 7. The van der Waals surface area contributed by atoms with Crippen molar-refractivity contribution >= 4 is 23.5 Å². The van der Waals surface area contributed by atoms with Gasteiger partial charge in [-0.15, -0.1) is 6.58 Å². The molecule has 1 heterocycles. The van der Waals surface area contributed by atoms with Gasteiger partial charge in [-0.3, -0.25) is 9.59 Å². The first-order valence-electron chi connectivity index (χ1n) is 9.66. The summed E-state index contributed by atoms with van der Waals surface area (Å²) in [6.07, 6.45) is 2.04. The van der Waals surface area contributed by atoms with Crippen molar-refractivity contribution in [3.8, 4) is 0 Å². The molecule has 2 aromatic rings. The zero-order chi connectivity index (χ0) is 21.0. The molecule has 0 aliphatic carbocycles. The Hall–Kier alpha value is -3.41. The van der Waals surface area contributed by atoms with Gasteiger partial charge < -0.3 is 10.2 Å². The highest BCUT2D eigenvalue weighted by Crippen LogP contribution is 2.30. The molecule has 0 unspecified atom stereocenters. The summed E-state index contributed by atoms with van der Waals surface area (Å²) < 4.78 is 0. The molecule has 3 rings (SSSR count). The molecule has 1 aliphatic heterocycles. The van der Waals surface area contributed by atoms with Crippen molar-refractivity contribution in [2.24, 2.45) is 0 Å².